The van der Waals surface area contributed by atoms with Gasteiger partial charge >= 0.3 is 36.0 Å². The third-order valence-electron chi connectivity index (χ3n) is 13.9. The Morgan fingerprint density at radius 3 is 0.758 bits per heavy atom. The number of halogens is 14. The van der Waals surface area contributed by atoms with Crippen molar-refractivity contribution in [1.29, 1.82) is 0 Å². The zero-order valence-electron chi connectivity index (χ0n) is 35.7. The lowest BCUT2D eigenvalue weighted by Gasteiger charge is -2.40. The van der Waals surface area contributed by atoms with E-state index in [1.807, 2.05) is 0 Å². The Bertz CT molecular complexity index is 2510. The van der Waals surface area contributed by atoms with E-state index in [1.165, 1.54) is 0 Å². The van der Waals surface area contributed by atoms with Crippen molar-refractivity contribution >= 4 is 55.9 Å². The van der Waals surface area contributed by atoms with Crippen molar-refractivity contribution in [2.75, 3.05) is 13.1 Å². The number of nitrogens with zero attached hydrogens (tertiary/aromatic N) is 2. The minimum atomic E-state index is -6.88. The van der Waals surface area contributed by atoms with E-state index < -0.39 is 116 Å². The van der Waals surface area contributed by atoms with Gasteiger partial charge in [0.1, 0.15) is 0 Å². The number of aryl methyl sites for hydroxylation is 4. The maximum Gasteiger partial charge on any atom is 0.459 e. The summed E-state index contributed by atoms with van der Waals surface area (Å²) in [6, 6.07) is 0. The van der Waals surface area contributed by atoms with Gasteiger partial charge < -0.3 is 0 Å². The van der Waals surface area contributed by atoms with Crippen molar-refractivity contribution < 1.29 is 80.6 Å². The maximum atomic E-state index is 15.6. The first-order valence-corrected chi connectivity index (χ1v) is 21.6. The molecule has 0 aromatic heterocycles. The minimum Gasteiger partial charge on any atom is -0.269 e. The smallest absolute Gasteiger partial charge is 0.269 e. The van der Waals surface area contributed by atoms with Crippen LogP contribution in [0.25, 0.3) is 32.3 Å². The number of alkyl halides is 14. The molecule has 8 rings (SSSR count). The summed E-state index contributed by atoms with van der Waals surface area (Å²) in [5.74, 6) is -33.2. The van der Waals surface area contributed by atoms with Gasteiger partial charge in [-0.2, -0.15) is 61.5 Å². The van der Waals surface area contributed by atoms with E-state index in [1.54, 1.807) is 27.7 Å². The summed E-state index contributed by atoms with van der Waals surface area (Å²) in [6.45, 7) is 0.629. The van der Waals surface area contributed by atoms with E-state index in [0.717, 1.165) is 0 Å². The lowest BCUT2D eigenvalue weighted by molar-refractivity contribution is -0.354. The molecule has 2 aliphatic carbocycles. The van der Waals surface area contributed by atoms with E-state index in [9.17, 15) is 43.9 Å². The van der Waals surface area contributed by atoms with Gasteiger partial charge in [0, 0.05) is 10.8 Å². The summed E-state index contributed by atoms with van der Waals surface area (Å²) < 4.78 is 203. The molecule has 66 heavy (non-hydrogen) atoms. The highest BCUT2D eigenvalue weighted by Gasteiger charge is 2.75. The highest BCUT2D eigenvalue weighted by Crippen LogP contribution is 2.55. The lowest BCUT2D eigenvalue weighted by atomic mass is 9.71. The van der Waals surface area contributed by atoms with Crippen LogP contribution in [0.4, 0.5) is 61.5 Å². The largest absolute Gasteiger partial charge is 0.459 e. The molecule has 0 radical (unpaired) electrons. The van der Waals surface area contributed by atoms with Crippen LogP contribution < -0.4 is 0 Å². The number of carbonyl (C=O) groups excluding carboxylic acids is 4. The molecule has 0 saturated carbocycles. The predicted molar refractivity (Wildman–Crippen MR) is 212 cm³/mol. The monoisotopic (exact) mass is 950 g/mol. The van der Waals surface area contributed by atoms with Crippen molar-refractivity contribution in [2.24, 2.45) is 0 Å². The van der Waals surface area contributed by atoms with Gasteiger partial charge in [-0.1, -0.05) is 27.7 Å². The topological polar surface area (TPSA) is 74.8 Å². The molecule has 0 atom stereocenters. The third-order valence-corrected chi connectivity index (χ3v) is 13.9. The van der Waals surface area contributed by atoms with Crippen LogP contribution in [0.5, 0.6) is 0 Å². The summed E-state index contributed by atoms with van der Waals surface area (Å²) in [6.07, 6.45) is -10.7. The van der Waals surface area contributed by atoms with E-state index in [2.05, 4.69) is 0 Å². The second kappa shape index (κ2) is 15.2. The number of amides is 4. The molecular formula is C46H40F14N2O4. The molecule has 0 bridgehead atoms. The first-order chi connectivity index (χ1) is 30.6. The third kappa shape index (κ3) is 6.18. The summed E-state index contributed by atoms with van der Waals surface area (Å²) in [5.41, 5.74) is 0.0904. The zero-order valence-corrected chi connectivity index (χ0v) is 35.7. The average molecular weight is 951 g/mol. The molecule has 4 aromatic carbocycles. The Balaban J connectivity index is 1.66. The van der Waals surface area contributed by atoms with Gasteiger partial charge in [0.2, 0.25) is 0 Å². The van der Waals surface area contributed by atoms with Crippen LogP contribution in [0.2, 0.25) is 0 Å². The molecule has 4 aromatic rings. The Morgan fingerprint density at radius 2 is 0.576 bits per heavy atom. The summed E-state index contributed by atoms with van der Waals surface area (Å²) in [5, 5.41) is -2.52. The zero-order chi connectivity index (χ0) is 48.8. The number of hydrogen-bond acceptors (Lipinski definition) is 4. The SMILES string of the molecule is CCc1c2c(c(CC)c3c4c5c(c6c(CC)c7c(c(CC)c6c6c5c(c13)C(=O)N(CC(F)(F)C(F)(F)C(F)(F)F)C6=O)CCCC7)C(=O)N(CC(F)(F)C(F)(F)C(F)(F)F)C4=O)CCCC2. The Labute approximate surface area is 366 Å². The summed E-state index contributed by atoms with van der Waals surface area (Å²) in [4.78, 5) is 59.5. The molecular weight excluding hydrogens is 910 g/mol. The van der Waals surface area contributed by atoms with Crippen LogP contribution in [-0.4, -0.2) is 82.6 Å². The molecule has 356 valence electrons. The average Bonchev–Trinajstić information content (AvgIpc) is 3.24. The Hall–Kier alpha value is -5.04. The van der Waals surface area contributed by atoms with E-state index in [4.69, 9.17) is 0 Å². The molecule has 0 spiro atoms. The van der Waals surface area contributed by atoms with Crippen LogP contribution in [0.3, 0.4) is 0 Å². The maximum absolute atomic E-state index is 15.6. The van der Waals surface area contributed by atoms with Gasteiger partial charge in [-0.25, -0.2) is 0 Å². The number of fused-ring (bicyclic) bond motifs is 8. The quantitative estimate of drug-likeness (QED) is 0.0902. The van der Waals surface area contributed by atoms with Gasteiger partial charge in [0.15, 0.2) is 0 Å². The second-order valence-corrected chi connectivity index (χ2v) is 17.4. The predicted octanol–water partition coefficient (Wildman–Crippen LogP) is 12.0. The molecule has 2 heterocycles. The molecule has 0 unspecified atom stereocenters. The number of carbonyl (C=O) groups is 4. The molecule has 0 fully saturated rings. The number of benzene rings is 4. The fourth-order valence-electron chi connectivity index (χ4n) is 11.1. The molecule has 0 N–H and O–H groups in total. The second-order valence-electron chi connectivity index (χ2n) is 17.4. The number of rotatable bonds is 10. The first kappa shape index (κ1) is 47.5. The fraction of sp³-hybridized carbons (Fsp3) is 0.522. The van der Waals surface area contributed by atoms with Crippen molar-refractivity contribution in [3.63, 3.8) is 0 Å². The van der Waals surface area contributed by atoms with E-state index in [0.29, 0.717) is 73.6 Å². The molecule has 20 heteroatoms. The highest BCUT2D eigenvalue weighted by atomic mass is 19.4. The van der Waals surface area contributed by atoms with Gasteiger partial charge in [-0.3, -0.25) is 29.0 Å². The van der Waals surface area contributed by atoms with Gasteiger partial charge in [-0.15, -0.1) is 0 Å². The summed E-state index contributed by atoms with van der Waals surface area (Å²) >= 11 is 0. The van der Waals surface area contributed by atoms with E-state index >= 15 is 36.7 Å². The standard InChI is InChI=1S/C46H40F14N2O4/c1-5-19-23-13-9-10-14-24(23)20(6-2)28-27(19)33-31-32-34(28)38(64)62(18-42(49,50)44(53,54)46(58,59)60)40(66)36(32)30-22(8-4)26-16-12-11-15-25(26)21(7-3)29(30)35(31)39(65)61(37(33)63)17-41(47,48)43(51,52)45(55,56)57/h5-18H2,1-4H3. The number of hydrogen-bond donors (Lipinski definition) is 0. The normalized spacial score (nSPS) is 17.5. The Morgan fingerprint density at radius 1 is 0.364 bits per heavy atom. The van der Waals surface area contributed by atoms with Crippen molar-refractivity contribution in [3.8, 4) is 0 Å². The number of imide groups is 2. The highest BCUT2D eigenvalue weighted by molar-refractivity contribution is 6.44. The van der Waals surface area contributed by atoms with Crippen LogP contribution in [0.1, 0.15) is 139 Å². The van der Waals surface area contributed by atoms with Crippen molar-refractivity contribution in [2.45, 2.75) is 141 Å². The van der Waals surface area contributed by atoms with Gasteiger partial charge in [0.25, 0.3) is 23.6 Å². The molecule has 4 aliphatic rings. The Kier molecular flexibility index (Phi) is 11.0. The van der Waals surface area contributed by atoms with Crippen LogP contribution in [0.15, 0.2) is 0 Å². The fourth-order valence-corrected chi connectivity index (χ4v) is 11.1. The lowest BCUT2D eigenvalue weighted by Crippen LogP contribution is -2.59. The van der Waals surface area contributed by atoms with Crippen LogP contribution >= 0.6 is 0 Å². The van der Waals surface area contributed by atoms with Crippen LogP contribution in [-0.2, 0) is 51.4 Å². The van der Waals surface area contributed by atoms with Gasteiger partial charge in [-0.05, 0) is 143 Å². The van der Waals surface area contributed by atoms with E-state index in [-0.39, 0.29) is 69.5 Å². The van der Waals surface area contributed by atoms with Gasteiger partial charge in [0.05, 0.1) is 35.3 Å². The van der Waals surface area contributed by atoms with Crippen LogP contribution in [0, 0.1) is 0 Å². The molecule has 0 saturated heterocycles. The minimum absolute atomic E-state index is 0.0690. The van der Waals surface area contributed by atoms with Crippen molar-refractivity contribution in [3.05, 3.63) is 66.8 Å². The van der Waals surface area contributed by atoms with Crippen molar-refractivity contribution in [1.82, 2.24) is 9.80 Å². The molecule has 2 aliphatic heterocycles. The first-order valence-electron chi connectivity index (χ1n) is 21.6. The molecule has 6 nitrogen and oxygen atoms in total. The summed E-state index contributed by atoms with van der Waals surface area (Å²) in [7, 11) is 0. The molecule has 4 amide bonds.